The largest absolute Gasteiger partial charge is 0.481 e. The van der Waals surface area contributed by atoms with E-state index in [9.17, 15) is 14.7 Å². The lowest BCUT2D eigenvalue weighted by atomic mass is 9.93. The van der Waals surface area contributed by atoms with Crippen LogP contribution in [0.1, 0.15) is 107 Å². The molecular formula is C27H40O4. The van der Waals surface area contributed by atoms with Crippen LogP contribution in [0.4, 0.5) is 0 Å². The van der Waals surface area contributed by atoms with Gasteiger partial charge in [-0.1, -0.05) is 50.3 Å². The van der Waals surface area contributed by atoms with Gasteiger partial charge in [-0.2, -0.15) is 0 Å². The SMILES string of the molecule is Cc1c(CCCCCCC2(OC=O)CC2)cccc1CCCCCCC1(C(=O)O)CC1. The highest BCUT2D eigenvalue weighted by atomic mass is 16.5. The third kappa shape index (κ3) is 7.08. The fourth-order valence-electron chi connectivity index (χ4n) is 4.92. The van der Waals surface area contributed by atoms with Crippen LogP contribution in [0, 0.1) is 12.3 Å². The number of carbonyl (C=O) groups is 2. The van der Waals surface area contributed by atoms with E-state index in [4.69, 9.17) is 4.74 Å². The van der Waals surface area contributed by atoms with Gasteiger partial charge in [0.1, 0.15) is 5.60 Å². The summed E-state index contributed by atoms with van der Waals surface area (Å²) >= 11 is 0. The number of benzene rings is 1. The maximum atomic E-state index is 11.2. The van der Waals surface area contributed by atoms with Crippen LogP contribution in [0.25, 0.3) is 0 Å². The molecule has 0 atom stereocenters. The van der Waals surface area contributed by atoms with E-state index < -0.39 is 5.97 Å². The molecule has 2 saturated carbocycles. The normalized spacial score (nSPS) is 17.8. The molecule has 0 aliphatic heterocycles. The molecule has 172 valence electrons. The standard InChI is InChI=1S/C27H40O4/c1-22-23(11-6-2-4-8-15-26(17-18-26)25(29)30)13-10-14-24(22)12-7-3-5-9-16-27(19-20-27)31-21-28/h10,13-14,21H,2-9,11-12,15-20H2,1H3,(H,29,30). The minimum absolute atomic E-state index is 0.0950. The summed E-state index contributed by atoms with van der Waals surface area (Å²) in [4.78, 5) is 21.8. The van der Waals surface area contributed by atoms with Gasteiger partial charge < -0.3 is 9.84 Å². The van der Waals surface area contributed by atoms with Crippen LogP contribution in [0.5, 0.6) is 0 Å². The summed E-state index contributed by atoms with van der Waals surface area (Å²) in [6, 6.07) is 6.75. The Bertz CT molecular complexity index is 731. The van der Waals surface area contributed by atoms with Crippen molar-refractivity contribution in [2.45, 2.75) is 115 Å². The zero-order chi connectivity index (χ0) is 22.2. The second-order valence-corrected chi connectivity index (χ2v) is 10.0. The number of rotatable bonds is 17. The van der Waals surface area contributed by atoms with Gasteiger partial charge in [0, 0.05) is 0 Å². The average molecular weight is 429 g/mol. The third-order valence-electron chi connectivity index (χ3n) is 7.65. The molecule has 2 aliphatic rings. The van der Waals surface area contributed by atoms with Gasteiger partial charge in [0.25, 0.3) is 6.47 Å². The molecule has 4 nitrogen and oxygen atoms in total. The molecule has 1 aromatic rings. The first-order chi connectivity index (χ1) is 15.0. The first-order valence-corrected chi connectivity index (χ1v) is 12.4. The van der Waals surface area contributed by atoms with Gasteiger partial charge in [-0.15, -0.1) is 0 Å². The van der Waals surface area contributed by atoms with Crippen molar-refractivity contribution in [1.82, 2.24) is 0 Å². The molecule has 4 heteroatoms. The number of aliphatic carboxylic acids is 1. The van der Waals surface area contributed by atoms with Crippen LogP contribution in [-0.4, -0.2) is 23.1 Å². The minimum Gasteiger partial charge on any atom is -0.481 e. The maximum absolute atomic E-state index is 11.2. The van der Waals surface area contributed by atoms with E-state index in [0.717, 1.165) is 70.6 Å². The summed E-state index contributed by atoms with van der Waals surface area (Å²) in [7, 11) is 0. The summed E-state index contributed by atoms with van der Waals surface area (Å²) in [5.74, 6) is -0.585. The Kier molecular flexibility index (Phi) is 8.57. The van der Waals surface area contributed by atoms with Gasteiger partial charge in [0.15, 0.2) is 0 Å². The van der Waals surface area contributed by atoms with Crippen LogP contribution in [-0.2, 0) is 27.2 Å². The summed E-state index contributed by atoms with van der Waals surface area (Å²) < 4.78 is 5.22. The molecule has 2 aliphatic carbocycles. The number of carboxylic acid groups (broad SMARTS) is 1. The van der Waals surface area contributed by atoms with Crippen LogP contribution < -0.4 is 0 Å². The smallest absolute Gasteiger partial charge is 0.309 e. The molecule has 0 aromatic heterocycles. The van der Waals surface area contributed by atoms with E-state index in [2.05, 4.69) is 25.1 Å². The Morgan fingerprint density at radius 2 is 1.45 bits per heavy atom. The highest BCUT2D eigenvalue weighted by Crippen LogP contribution is 2.50. The van der Waals surface area contributed by atoms with Gasteiger partial charge in [0.2, 0.25) is 0 Å². The van der Waals surface area contributed by atoms with Crippen molar-refractivity contribution >= 4 is 12.4 Å². The van der Waals surface area contributed by atoms with Crippen molar-refractivity contribution in [3.8, 4) is 0 Å². The third-order valence-corrected chi connectivity index (χ3v) is 7.65. The molecule has 0 bridgehead atoms. The first-order valence-electron chi connectivity index (χ1n) is 12.4. The van der Waals surface area contributed by atoms with Crippen LogP contribution in [0.3, 0.4) is 0 Å². The van der Waals surface area contributed by atoms with Crippen molar-refractivity contribution in [1.29, 1.82) is 0 Å². The molecule has 0 saturated heterocycles. The van der Waals surface area contributed by atoms with Crippen molar-refractivity contribution in [3.63, 3.8) is 0 Å². The van der Waals surface area contributed by atoms with Crippen molar-refractivity contribution in [2.75, 3.05) is 0 Å². The van der Waals surface area contributed by atoms with Crippen molar-refractivity contribution in [3.05, 3.63) is 34.9 Å². The van der Waals surface area contributed by atoms with E-state index in [0.29, 0.717) is 6.47 Å². The molecule has 1 aromatic carbocycles. The molecule has 0 unspecified atom stereocenters. The number of hydrogen-bond acceptors (Lipinski definition) is 3. The lowest BCUT2D eigenvalue weighted by Crippen LogP contribution is -2.14. The first kappa shape index (κ1) is 23.8. The van der Waals surface area contributed by atoms with E-state index in [1.807, 2.05) is 0 Å². The van der Waals surface area contributed by atoms with Gasteiger partial charge in [-0.3, -0.25) is 9.59 Å². The number of aryl methyl sites for hydroxylation is 2. The number of unbranched alkanes of at least 4 members (excludes halogenated alkanes) is 6. The Morgan fingerprint density at radius 3 is 1.94 bits per heavy atom. The molecule has 31 heavy (non-hydrogen) atoms. The quantitative estimate of drug-likeness (QED) is 0.226. The second-order valence-electron chi connectivity index (χ2n) is 10.0. The van der Waals surface area contributed by atoms with E-state index in [1.165, 1.54) is 48.8 Å². The Morgan fingerprint density at radius 1 is 0.903 bits per heavy atom. The van der Waals surface area contributed by atoms with Crippen molar-refractivity contribution < 1.29 is 19.4 Å². The fourth-order valence-corrected chi connectivity index (χ4v) is 4.92. The summed E-state index contributed by atoms with van der Waals surface area (Å²) in [5.41, 5.74) is 3.97. The monoisotopic (exact) mass is 428 g/mol. The lowest BCUT2D eigenvalue weighted by molar-refractivity contribution is -0.143. The predicted octanol–water partition coefficient (Wildman–Crippen LogP) is 6.55. The highest BCUT2D eigenvalue weighted by molar-refractivity contribution is 5.77. The molecule has 0 amide bonds. The van der Waals surface area contributed by atoms with Crippen LogP contribution >= 0.6 is 0 Å². The summed E-state index contributed by atoms with van der Waals surface area (Å²) in [6.07, 6.45) is 17.4. The zero-order valence-corrected chi connectivity index (χ0v) is 19.3. The lowest BCUT2D eigenvalue weighted by Gasteiger charge is -2.13. The van der Waals surface area contributed by atoms with Crippen LogP contribution in [0.2, 0.25) is 0 Å². The molecule has 2 fully saturated rings. The summed E-state index contributed by atoms with van der Waals surface area (Å²) in [6.45, 7) is 2.88. The molecule has 3 rings (SSSR count). The highest BCUT2D eigenvalue weighted by Gasteiger charge is 2.49. The van der Waals surface area contributed by atoms with E-state index in [1.54, 1.807) is 0 Å². The topological polar surface area (TPSA) is 63.6 Å². The Labute approximate surface area is 187 Å². The Balaban J connectivity index is 1.27. The zero-order valence-electron chi connectivity index (χ0n) is 19.3. The maximum Gasteiger partial charge on any atom is 0.309 e. The minimum atomic E-state index is -0.585. The molecular weight excluding hydrogens is 388 g/mol. The summed E-state index contributed by atoms with van der Waals surface area (Å²) in [5, 5.41) is 9.25. The van der Waals surface area contributed by atoms with Crippen LogP contribution in [0.15, 0.2) is 18.2 Å². The number of carbonyl (C=O) groups excluding carboxylic acids is 1. The molecule has 1 N–H and O–H groups in total. The predicted molar refractivity (Wildman–Crippen MR) is 123 cm³/mol. The Hall–Kier alpha value is -1.84. The van der Waals surface area contributed by atoms with Gasteiger partial charge in [0.05, 0.1) is 5.41 Å². The number of hydrogen-bond donors (Lipinski definition) is 1. The van der Waals surface area contributed by atoms with E-state index >= 15 is 0 Å². The molecule has 0 spiro atoms. The second kappa shape index (κ2) is 11.2. The molecule has 0 radical (unpaired) electrons. The van der Waals surface area contributed by atoms with Gasteiger partial charge >= 0.3 is 5.97 Å². The number of ether oxygens (including phenoxy) is 1. The van der Waals surface area contributed by atoms with Gasteiger partial charge in [-0.25, -0.2) is 0 Å². The van der Waals surface area contributed by atoms with E-state index in [-0.39, 0.29) is 11.0 Å². The van der Waals surface area contributed by atoms with Crippen molar-refractivity contribution in [2.24, 2.45) is 5.41 Å². The fraction of sp³-hybridized carbons (Fsp3) is 0.704. The average Bonchev–Trinajstić information content (AvgIpc) is 3.67. The number of carboxylic acids is 1. The molecule has 0 heterocycles. The van der Waals surface area contributed by atoms with Gasteiger partial charge in [-0.05, 0) is 94.2 Å².